The van der Waals surface area contributed by atoms with Crippen molar-refractivity contribution in [2.75, 3.05) is 0 Å². The van der Waals surface area contributed by atoms with Crippen molar-refractivity contribution in [1.29, 1.82) is 0 Å². The molecule has 0 radical (unpaired) electrons. The zero-order valence-corrected chi connectivity index (χ0v) is 41.4. The Labute approximate surface area is 382 Å². The van der Waals surface area contributed by atoms with Gasteiger partial charge in [-0.15, -0.1) is 0 Å². The Hall–Kier alpha value is 0.820. The van der Waals surface area contributed by atoms with Crippen molar-refractivity contribution < 1.29 is 0 Å². The highest BCUT2D eigenvalue weighted by atomic mass is 127. The lowest BCUT2D eigenvalue weighted by atomic mass is 9.41. The van der Waals surface area contributed by atoms with E-state index in [9.17, 15) is 0 Å². The van der Waals surface area contributed by atoms with Gasteiger partial charge in [0.05, 0.1) is 0 Å². The van der Waals surface area contributed by atoms with Gasteiger partial charge in [0.15, 0.2) is 0 Å². The van der Waals surface area contributed by atoms with Crippen LogP contribution in [0.2, 0.25) is 0 Å². The molecule has 0 nitrogen and oxygen atoms in total. The van der Waals surface area contributed by atoms with E-state index >= 15 is 0 Å². The second-order valence-corrected chi connectivity index (χ2v) is 29.0. The molecule has 21 atom stereocenters. The molecule has 1 saturated heterocycles. The van der Waals surface area contributed by atoms with E-state index in [-0.39, 0.29) is 0 Å². The molecule has 1 aliphatic heterocycles. The summed E-state index contributed by atoms with van der Waals surface area (Å²) in [5.41, 5.74) is 2.18. The fraction of sp³-hybridized carbons (Fsp3) is 0.965. The number of fused-ring (bicyclic) bond motifs is 8. The molecule has 1 heterocycles. The number of rotatable bonds is 4. The summed E-state index contributed by atoms with van der Waals surface area (Å²) in [7, 11) is 0. The maximum Gasteiger partial charge on any atom is 0.0121 e. The van der Waals surface area contributed by atoms with Crippen molar-refractivity contribution in [1.82, 2.24) is 0 Å². The molecule has 2 heteroatoms. The van der Waals surface area contributed by atoms with Gasteiger partial charge in [0, 0.05) is 14.4 Å². The normalized spacial score (nSPS) is 56.4. The topological polar surface area (TPSA) is 0 Å². The van der Waals surface area contributed by atoms with Crippen LogP contribution in [0.3, 0.4) is 0 Å². The van der Waals surface area contributed by atoms with Crippen LogP contribution < -0.4 is 0 Å². The SMILES string of the molecule is CC1CC(I)CCC1C1CC(C)C(C2CCC3C4C(=CCCC4S2)C2C(C4CCCCC4)C4CC5C6CCCCC6C6CCCC(C65)C4C(C4CCCCC4)C32)C(C)C1. The van der Waals surface area contributed by atoms with E-state index in [2.05, 4.69) is 66.8 Å². The predicted molar refractivity (Wildman–Crippen MR) is 260 cm³/mol. The number of hydrogen-bond acceptors (Lipinski definition) is 1. The molecule has 11 fully saturated rings. The molecule has 0 amide bonds. The first-order chi connectivity index (χ1) is 28.9. The summed E-state index contributed by atoms with van der Waals surface area (Å²) in [6.07, 6.45) is 45.7. The molecule has 11 aliphatic carbocycles. The predicted octanol–water partition coefficient (Wildman–Crippen LogP) is 16.5. The van der Waals surface area contributed by atoms with Crippen molar-refractivity contribution in [3.05, 3.63) is 11.6 Å². The summed E-state index contributed by atoms with van der Waals surface area (Å²) >= 11 is 5.46. The van der Waals surface area contributed by atoms with Gasteiger partial charge >= 0.3 is 0 Å². The lowest BCUT2D eigenvalue weighted by Gasteiger charge is -2.63. The quantitative estimate of drug-likeness (QED) is 0.154. The van der Waals surface area contributed by atoms with E-state index in [0.717, 1.165) is 145 Å². The second kappa shape index (κ2) is 16.9. The van der Waals surface area contributed by atoms with Crippen LogP contribution in [0.4, 0.5) is 0 Å². The summed E-state index contributed by atoms with van der Waals surface area (Å²) in [6.45, 7) is 8.20. The Balaban J connectivity index is 0.900. The molecule has 0 aromatic carbocycles. The average Bonchev–Trinajstić information content (AvgIpc) is 3.67. The Morgan fingerprint density at radius 1 is 0.390 bits per heavy atom. The monoisotopic (exact) mass is 933 g/mol. The summed E-state index contributed by atoms with van der Waals surface area (Å²) in [5.74, 6) is 23.1. The van der Waals surface area contributed by atoms with Gasteiger partial charge in [-0.1, -0.05) is 138 Å². The van der Waals surface area contributed by atoms with Crippen LogP contribution in [-0.2, 0) is 0 Å². The third-order valence-electron chi connectivity index (χ3n) is 23.6. The van der Waals surface area contributed by atoms with Crippen molar-refractivity contribution in [3.8, 4) is 0 Å². The van der Waals surface area contributed by atoms with E-state index in [1.807, 2.05) is 0 Å². The van der Waals surface area contributed by atoms with Crippen LogP contribution in [0.25, 0.3) is 0 Å². The number of hydrogen-bond donors (Lipinski definition) is 0. The Morgan fingerprint density at radius 2 is 1.03 bits per heavy atom. The highest BCUT2D eigenvalue weighted by Crippen LogP contribution is 2.75. The summed E-state index contributed by atoms with van der Waals surface area (Å²) < 4.78 is 0.938. The molecule has 0 bridgehead atoms. The Kier molecular flexibility index (Phi) is 11.8. The first kappa shape index (κ1) is 41.3. The molecular formula is C57H89IS. The highest BCUT2D eigenvalue weighted by molar-refractivity contribution is 14.1. The van der Waals surface area contributed by atoms with Crippen molar-refractivity contribution in [3.63, 3.8) is 0 Å². The largest absolute Gasteiger partial charge is 0.154 e. The maximum absolute atomic E-state index is 3.05. The van der Waals surface area contributed by atoms with Gasteiger partial charge in [0.25, 0.3) is 0 Å². The van der Waals surface area contributed by atoms with E-state index in [4.69, 9.17) is 0 Å². The van der Waals surface area contributed by atoms with E-state index in [1.165, 1.54) is 32.1 Å². The van der Waals surface area contributed by atoms with Crippen LogP contribution in [0.15, 0.2) is 11.6 Å². The number of thioether (sulfide) groups is 1. The number of halogens is 1. The third kappa shape index (κ3) is 6.91. The zero-order valence-electron chi connectivity index (χ0n) is 38.4. The minimum Gasteiger partial charge on any atom is -0.154 e. The number of alkyl halides is 1. The fourth-order valence-corrected chi connectivity index (χ4v) is 25.8. The number of allylic oxidation sites excluding steroid dienone is 2. The average molecular weight is 933 g/mol. The van der Waals surface area contributed by atoms with Crippen LogP contribution >= 0.6 is 34.4 Å². The summed E-state index contributed by atoms with van der Waals surface area (Å²) in [5, 5.41) is 1.88. The van der Waals surface area contributed by atoms with Gasteiger partial charge in [0.1, 0.15) is 0 Å². The van der Waals surface area contributed by atoms with Crippen molar-refractivity contribution in [2.24, 2.45) is 130 Å². The first-order valence-corrected chi connectivity index (χ1v) is 30.1. The van der Waals surface area contributed by atoms with Gasteiger partial charge in [-0.2, -0.15) is 11.8 Å². The minimum atomic E-state index is 0.931. The lowest BCUT2D eigenvalue weighted by Crippen LogP contribution is -2.58. The second-order valence-electron chi connectivity index (χ2n) is 25.7. The Morgan fingerprint density at radius 3 is 1.76 bits per heavy atom. The fourth-order valence-electron chi connectivity index (χ4n) is 22.4. The lowest BCUT2D eigenvalue weighted by molar-refractivity contribution is -0.151. The molecule has 330 valence electrons. The zero-order chi connectivity index (χ0) is 39.5. The molecule has 0 aromatic heterocycles. The molecule has 12 aliphatic rings. The summed E-state index contributed by atoms with van der Waals surface area (Å²) in [4.78, 5) is 0. The van der Waals surface area contributed by atoms with Crippen LogP contribution in [0.5, 0.6) is 0 Å². The van der Waals surface area contributed by atoms with Gasteiger partial charge in [-0.3, -0.25) is 0 Å². The highest BCUT2D eigenvalue weighted by Gasteiger charge is 2.69. The first-order valence-electron chi connectivity index (χ1n) is 27.9. The van der Waals surface area contributed by atoms with E-state index in [0.29, 0.717) is 0 Å². The third-order valence-corrected chi connectivity index (χ3v) is 26.5. The van der Waals surface area contributed by atoms with E-state index in [1.54, 1.807) is 141 Å². The molecule has 0 N–H and O–H groups in total. The van der Waals surface area contributed by atoms with Gasteiger partial charge in [-0.25, -0.2) is 0 Å². The molecule has 0 spiro atoms. The van der Waals surface area contributed by atoms with Crippen LogP contribution in [0.1, 0.15) is 194 Å². The molecular weight excluding hydrogens is 844 g/mol. The molecule has 59 heavy (non-hydrogen) atoms. The van der Waals surface area contributed by atoms with Gasteiger partial charge < -0.3 is 0 Å². The molecule has 21 unspecified atom stereocenters. The van der Waals surface area contributed by atoms with E-state index < -0.39 is 0 Å². The summed E-state index contributed by atoms with van der Waals surface area (Å²) in [6, 6.07) is 0. The van der Waals surface area contributed by atoms with Crippen LogP contribution in [0, 0.1) is 130 Å². The van der Waals surface area contributed by atoms with Crippen LogP contribution in [-0.4, -0.2) is 14.4 Å². The van der Waals surface area contributed by atoms with Crippen molar-refractivity contribution >= 4 is 34.4 Å². The maximum atomic E-state index is 3.05. The minimum absolute atomic E-state index is 0.931. The van der Waals surface area contributed by atoms with Crippen molar-refractivity contribution in [2.45, 2.75) is 209 Å². The molecule has 10 saturated carbocycles. The Bertz CT molecular complexity index is 1490. The standard InChI is InChI=1S/C57H89IS/c1-32-30-38(58)24-25-39(32)37-28-33(2)50(34(3)29-37)49-27-26-45-54-44(22-13-23-48(54)59-49)56-51(35-14-6-4-7-15-35)47-31-46-41-19-11-10-18-40(41)42-20-12-21-43(53(42)46)55(47)52(57(45)56)36-16-8-5-9-17-36/h22,32-43,45-57H,4-21,23-31H2,1-3H3. The smallest absolute Gasteiger partial charge is 0.0121 e. The van der Waals surface area contributed by atoms with Gasteiger partial charge in [-0.05, 0) is 220 Å². The molecule has 12 rings (SSSR count). The molecule has 0 aromatic rings. The van der Waals surface area contributed by atoms with Gasteiger partial charge in [0.2, 0.25) is 0 Å².